The number of hydrogen-bond donors (Lipinski definition) is 2. The SMILES string of the molecule is COc1ccccc1Cc1nc(Br)cnc1N.N. The predicted molar refractivity (Wildman–Crippen MR) is 75.0 cm³/mol. The summed E-state index contributed by atoms with van der Waals surface area (Å²) in [5.41, 5.74) is 7.57. The molecule has 96 valence electrons. The standard InChI is InChI=1S/C12H12BrN3O.H3N/c1-17-10-5-3-2-4-8(10)6-9-12(14)15-7-11(13)16-9;/h2-5,7H,6H2,1H3,(H2,14,15);1H3. The molecule has 0 fully saturated rings. The first-order chi connectivity index (χ1) is 8.20. The smallest absolute Gasteiger partial charge is 0.145 e. The maximum atomic E-state index is 5.79. The van der Waals surface area contributed by atoms with Gasteiger partial charge >= 0.3 is 0 Å². The highest BCUT2D eigenvalue weighted by Crippen LogP contribution is 2.22. The molecule has 6 heteroatoms. The molecule has 0 aliphatic carbocycles. The number of methoxy groups -OCH3 is 1. The molecule has 0 saturated carbocycles. The van der Waals surface area contributed by atoms with Crippen molar-refractivity contribution in [2.45, 2.75) is 6.42 Å². The molecule has 5 nitrogen and oxygen atoms in total. The number of hydrogen-bond acceptors (Lipinski definition) is 5. The molecule has 18 heavy (non-hydrogen) atoms. The minimum Gasteiger partial charge on any atom is -0.496 e. The van der Waals surface area contributed by atoms with Crippen LogP contribution in [0.15, 0.2) is 35.1 Å². The minimum absolute atomic E-state index is 0. The van der Waals surface area contributed by atoms with Crippen LogP contribution in [0, 0.1) is 0 Å². The van der Waals surface area contributed by atoms with Crippen LogP contribution in [-0.2, 0) is 6.42 Å². The van der Waals surface area contributed by atoms with Crippen molar-refractivity contribution in [2.24, 2.45) is 0 Å². The number of aromatic nitrogens is 2. The van der Waals surface area contributed by atoms with Gasteiger partial charge in [-0.25, -0.2) is 9.97 Å². The van der Waals surface area contributed by atoms with Crippen LogP contribution in [0.3, 0.4) is 0 Å². The average Bonchev–Trinajstić information content (AvgIpc) is 2.34. The summed E-state index contributed by atoms with van der Waals surface area (Å²) >= 11 is 3.28. The van der Waals surface area contributed by atoms with Crippen molar-refractivity contribution in [3.05, 3.63) is 46.3 Å². The second-order valence-electron chi connectivity index (χ2n) is 3.51. The average molecular weight is 311 g/mol. The number of rotatable bonds is 3. The van der Waals surface area contributed by atoms with Crippen molar-refractivity contribution in [3.63, 3.8) is 0 Å². The Bertz CT molecular complexity index is 533. The maximum Gasteiger partial charge on any atom is 0.145 e. The molecule has 1 aromatic carbocycles. The lowest BCUT2D eigenvalue weighted by Gasteiger charge is -2.08. The number of benzene rings is 1. The summed E-state index contributed by atoms with van der Waals surface area (Å²) in [4.78, 5) is 8.37. The van der Waals surface area contributed by atoms with Gasteiger partial charge in [0.15, 0.2) is 0 Å². The fourth-order valence-electron chi connectivity index (χ4n) is 1.57. The first-order valence-corrected chi connectivity index (χ1v) is 5.89. The van der Waals surface area contributed by atoms with Crippen LogP contribution in [0.25, 0.3) is 0 Å². The van der Waals surface area contributed by atoms with Crippen molar-refractivity contribution in [1.29, 1.82) is 0 Å². The maximum absolute atomic E-state index is 5.79. The van der Waals surface area contributed by atoms with E-state index in [1.165, 1.54) is 0 Å². The third-order valence-corrected chi connectivity index (χ3v) is 2.78. The molecule has 0 spiro atoms. The largest absolute Gasteiger partial charge is 0.496 e. The van der Waals surface area contributed by atoms with E-state index in [4.69, 9.17) is 10.5 Å². The molecule has 1 heterocycles. The topological polar surface area (TPSA) is 96.0 Å². The number of nitrogens with zero attached hydrogens (tertiary/aromatic N) is 2. The van der Waals surface area contributed by atoms with Gasteiger partial charge in [-0.15, -0.1) is 0 Å². The molecule has 0 aliphatic rings. The van der Waals surface area contributed by atoms with Crippen molar-refractivity contribution in [2.75, 3.05) is 12.8 Å². The molecular weight excluding hydrogens is 296 g/mol. The molecular formula is C12H15BrN4O. The molecule has 0 unspecified atom stereocenters. The summed E-state index contributed by atoms with van der Waals surface area (Å²) in [6, 6.07) is 7.79. The molecule has 5 N–H and O–H groups in total. The van der Waals surface area contributed by atoms with E-state index in [0.717, 1.165) is 17.0 Å². The Morgan fingerprint density at radius 3 is 2.78 bits per heavy atom. The number of nitrogens with two attached hydrogens (primary N) is 1. The van der Waals surface area contributed by atoms with Gasteiger partial charge in [0.2, 0.25) is 0 Å². The number of anilines is 1. The van der Waals surface area contributed by atoms with Crippen LogP contribution in [0.1, 0.15) is 11.3 Å². The lowest BCUT2D eigenvalue weighted by Crippen LogP contribution is -2.03. The third kappa shape index (κ3) is 3.18. The highest BCUT2D eigenvalue weighted by atomic mass is 79.9. The van der Waals surface area contributed by atoms with Crippen LogP contribution >= 0.6 is 15.9 Å². The molecule has 0 saturated heterocycles. The highest BCUT2D eigenvalue weighted by Gasteiger charge is 2.08. The van der Waals surface area contributed by atoms with Crippen molar-refractivity contribution < 1.29 is 4.74 Å². The van der Waals surface area contributed by atoms with Crippen LogP contribution in [0.4, 0.5) is 5.82 Å². The molecule has 1 aromatic heterocycles. The zero-order valence-corrected chi connectivity index (χ0v) is 11.6. The Balaban J connectivity index is 0.00000162. The summed E-state index contributed by atoms with van der Waals surface area (Å²) < 4.78 is 5.96. The Labute approximate surface area is 114 Å². The van der Waals surface area contributed by atoms with Gasteiger partial charge in [0, 0.05) is 12.0 Å². The molecule has 0 aliphatic heterocycles. The van der Waals surface area contributed by atoms with Gasteiger partial charge in [-0.3, -0.25) is 0 Å². The van der Waals surface area contributed by atoms with Crippen LogP contribution in [-0.4, -0.2) is 17.1 Å². The number of halogens is 1. The zero-order chi connectivity index (χ0) is 12.3. The number of ether oxygens (including phenoxy) is 1. The summed E-state index contributed by atoms with van der Waals surface area (Å²) in [6.07, 6.45) is 2.18. The van der Waals surface area contributed by atoms with E-state index in [1.54, 1.807) is 13.3 Å². The van der Waals surface area contributed by atoms with Crippen molar-refractivity contribution in [3.8, 4) is 5.75 Å². The van der Waals surface area contributed by atoms with E-state index in [2.05, 4.69) is 25.9 Å². The quantitative estimate of drug-likeness (QED) is 0.908. The number of para-hydroxylation sites is 1. The lowest BCUT2D eigenvalue weighted by molar-refractivity contribution is 0.410. The Morgan fingerprint density at radius 2 is 2.06 bits per heavy atom. The molecule has 0 atom stereocenters. The van der Waals surface area contributed by atoms with Crippen LogP contribution < -0.4 is 16.6 Å². The minimum atomic E-state index is 0. The summed E-state index contributed by atoms with van der Waals surface area (Å²) in [7, 11) is 1.65. The molecule has 0 bridgehead atoms. The highest BCUT2D eigenvalue weighted by molar-refractivity contribution is 9.10. The van der Waals surface area contributed by atoms with Crippen LogP contribution in [0.5, 0.6) is 5.75 Å². The Hall–Kier alpha value is -1.66. The van der Waals surface area contributed by atoms with E-state index in [-0.39, 0.29) is 6.15 Å². The van der Waals surface area contributed by atoms with Gasteiger partial charge in [0.1, 0.15) is 16.2 Å². The Kier molecular flexibility index (Phi) is 5.06. The monoisotopic (exact) mass is 310 g/mol. The van der Waals surface area contributed by atoms with E-state index in [1.807, 2.05) is 24.3 Å². The van der Waals surface area contributed by atoms with Gasteiger partial charge in [-0.2, -0.15) is 0 Å². The lowest BCUT2D eigenvalue weighted by atomic mass is 10.1. The van der Waals surface area contributed by atoms with E-state index in [9.17, 15) is 0 Å². The number of nitrogen functional groups attached to an aromatic ring is 1. The molecule has 0 amide bonds. The van der Waals surface area contributed by atoms with E-state index >= 15 is 0 Å². The van der Waals surface area contributed by atoms with Gasteiger partial charge in [0.25, 0.3) is 0 Å². The van der Waals surface area contributed by atoms with Gasteiger partial charge < -0.3 is 16.6 Å². The van der Waals surface area contributed by atoms with Gasteiger partial charge in [-0.05, 0) is 22.0 Å². The molecule has 0 radical (unpaired) electrons. The van der Waals surface area contributed by atoms with E-state index < -0.39 is 0 Å². The second-order valence-corrected chi connectivity index (χ2v) is 4.33. The van der Waals surface area contributed by atoms with Crippen molar-refractivity contribution in [1.82, 2.24) is 16.1 Å². The zero-order valence-electron chi connectivity index (χ0n) is 10.1. The first-order valence-electron chi connectivity index (χ1n) is 5.09. The second kappa shape index (κ2) is 6.32. The summed E-state index contributed by atoms with van der Waals surface area (Å²) in [6.45, 7) is 0. The first kappa shape index (κ1) is 14.4. The van der Waals surface area contributed by atoms with Gasteiger partial charge in [-0.1, -0.05) is 18.2 Å². The van der Waals surface area contributed by atoms with E-state index in [0.29, 0.717) is 16.8 Å². The van der Waals surface area contributed by atoms with Crippen molar-refractivity contribution >= 4 is 21.7 Å². The van der Waals surface area contributed by atoms with Gasteiger partial charge in [0.05, 0.1) is 19.0 Å². The fourth-order valence-corrected chi connectivity index (χ4v) is 1.89. The summed E-state index contributed by atoms with van der Waals surface area (Å²) in [5.74, 6) is 1.27. The molecule has 2 rings (SSSR count). The summed E-state index contributed by atoms with van der Waals surface area (Å²) in [5, 5.41) is 0. The van der Waals surface area contributed by atoms with Crippen LogP contribution in [0.2, 0.25) is 0 Å². The normalized spacial score (nSPS) is 9.67. The fraction of sp³-hybridized carbons (Fsp3) is 0.167. The molecule has 2 aromatic rings. The predicted octanol–water partition coefficient (Wildman–Crippen LogP) is 2.58. The third-order valence-electron chi connectivity index (χ3n) is 2.40. The Morgan fingerprint density at radius 1 is 1.33 bits per heavy atom.